The molecular weight excluding hydrogens is 707 g/mol. The normalized spacial score (nSPS) is 13.6. The number of terminal acetylenes is 1. The molecule has 0 fully saturated rings. The van der Waals surface area contributed by atoms with Crippen molar-refractivity contribution in [2.75, 3.05) is 0 Å². The molecule has 8 aromatic rings. The molecule has 0 N–H and O–H groups in total. The molecule has 5 nitrogen and oxygen atoms in total. The molecule has 5 heteroatoms. The van der Waals surface area contributed by atoms with Gasteiger partial charge in [0.2, 0.25) is 0 Å². The number of aromatic nitrogens is 5. The highest BCUT2D eigenvalue weighted by molar-refractivity contribution is 5.84. The van der Waals surface area contributed by atoms with Crippen molar-refractivity contribution in [3.05, 3.63) is 186 Å². The third-order valence-electron chi connectivity index (χ3n) is 11.1. The minimum atomic E-state index is 0.437. The average molecular weight is 748 g/mol. The average Bonchev–Trinajstić information content (AvgIpc) is 3.55. The molecular formula is C53H41N5. The van der Waals surface area contributed by atoms with Gasteiger partial charge in [-0.3, -0.25) is 0 Å². The van der Waals surface area contributed by atoms with E-state index < -0.39 is 0 Å². The molecule has 0 radical (unpaired) electrons. The van der Waals surface area contributed by atoms with Crippen LogP contribution in [0.5, 0.6) is 0 Å². The predicted octanol–water partition coefficient (Wildman–Crippen LogP) is 12.6. The van der Waals surface area contributed by atoms with Crippen LogP contribution < -0.4 is 0 Å². The standard InChI is InChI=1S/C53H41N5/c1-5-6-27-49-37(4)43-30-35(2)36(3)31-51(43)58(49)50-29-28-42(47-33-45(38-19-11-7-12-20-38)54-52(56-47)40-23-15-9-16-24-40)32-44(50)48-34-46(39-21-13-8-14-22-39)55-53(57-48)41-25-17-10-18-26-41/h1,6-29,31-35H,30H2,2-4H3/b27-6-. The molecule has 9 rings (SSSR count). The Morgan fingerprint density at radius 1 is 0.586 bits per heavy atom. The summed E-state index contributed by atoms with van der Waals surface area (Å²) in [5, 5.41) is 0. The smallest absolute Gasteiger partial charge is 0.160 e. The SMILES string of the molecule is C#C/C=C\c1c(C)c2c(n1-c1ccc(-c3cc(-c4ccccc4)nc(-c4ccccc4)n3)cc1-c1cc(-c3ccccc3)nc(-c3ccccc3)n1)C=C(C)C(C)C2. The quantitative estimate of drug-likeness (QED) is 0.145. The van der Waals surface area contributed by atoms with E-state index in [2.05, 4.69) is 122 Å². The maximum atomic E-state index is 5.85. The highest BCUT2D eigenvalue weighted by Crippen LogP contribution is 2.41. The third kappa shape index (κ3) is 6.97. The Morgan fingerprint density at radius 3 is 1.60 bits per heavy atom. The molecule has 0 bridgehead atoms. The van der Waals surface area contributed by atoms with Gasteiger partial charge in [0.05, 0.1) is 34.2 Å². The largest absolute Gasteiger partial charge is 0.309 e. The van der Waals surface area contributed by atoms with Crippen LogP contribution in [0, 0.1) is 25.2 Å². The van der Waals surface area contributed by atoms with Gasteiger partial charge in [-0.25, -0.2) is 19.9 Å². The van der Waals surface area contributed by atoms with E-state index in [4.69, 9.17) is 26.4 Å². The van der Waals surface area contributed by atoms with Gasteiger partial charge in [-0.05, 0) is 79.8 Å². The summed E-state index contributed by atoms with van der Waals surface area (Å²) in [6.07, 6.45) is 13.0. The molecule has 278 valence electrons. The van der Waals surface area contributed by atoms with E-state index in [9.17, 15) is 0 Å². The second-order valence-corrected chi connectivity index (χ2v) is 14.8. The van der Waals surface area contributed by atoms with E-state index >= 15 is 0 Å². The monoisotopic (exact) mass is 747 g/mol. The van der Waals surface area contributed by atoms with Crippen LogP contribution in [-0.4, -0.2) is 24.5 Å². The highest BCUT2D eigenvalue weighted by atomic mass is 15.0. The molecule has 0 aliphatic heterocycles. The fraction of sp³-hybridized carbons (Fsp3) is 0.0943. The van der Waals surface area contributed by atoms with Gasteiger partial charge in [-0.15, -0.1) is 6.42 Å². The molecule has 1 aliphatic carbocycles. The molecule has 58 heavy (non-hydrogen) atoms. The number of allylic oxidation sites excluding steroid dienone is 2. The lowest BCUT2D eigenvalue weighted by Crippen LogP contribution is -2.10. The van der Waals surface area contributed by atoms with E-state index in [-0.39, 0.29) is 0 Å². The van der Waals surface area contributed by atoms with E-state index in [1.807, 2.05) is 72.8 Å². The minimum absolute atomic E-state index is 0.437. The topological polar surface area (TPSA) is 56.5 Å². The van der Waals surface area contributed by atoms with Crippen LogP contribution >= 0.6 is 0 Å². The molecule has 1 aliphatic rings. The molecule has 0 spiro atoms. The summed E-state index contributed by atoms with van der Waals surface area (Å²) in [5.74, 6) is 4.49. The van der Waals surface area contributed by atoms with Gasteiger partial charge in [0.25, 0.3) is 0 Å². The highest BCUT2D eigenvalue weighted by Gasteiger charge is 2.27. The van der Waals surface area contributed by atoms with Gasteiger partial charge in [-0.2, -0.15) is 0 Å². The second kappa shape index (κ2) is 15.6. The van der Waals surface area contributed by atoms with Crippen LogP contribution in [0.2, 0.25) is 0 Å². The van der Waals surface area contributed by atoms with Crippen molar-refractivity contribution in [2.45, 2.75) is 27.2 Å². The number of benzene rings is 5. The Balaban J connectivity index is 1.35. The number of rotatable bonds is 8. The summed E-state index contributed by atoms with van der Waals surface area (Å²) in [4.78, 5) is 20.8. The van der Waals surface area contributed by atoms with Crippen LogP contribution in [0.4, 0.5) is 0 Å². The third-order valence-corrected chi connectivity index (χ3v) is 11.1. The van der Waals surface area contributed by atoms with E-state index in [1.54, 1.807) is 6.08 Å². The molecule has 3 heterocycles. The summed E-state index contributed by atoms with van der Waals surface area (Å²) >= 11 is 0. The zero-order chi connectivity index (χ0) is 39.6. The van der Waals surface area contributed by atoms with Crippen molar-refractivity contribution in [3.63, 3.8) is 0 Å². The van der Waals surface area contributed by atoms with Crippen LogP contribution in [-0.2, 0) is 6.42 Å². The first-order valence-corrected chi connectivity index (χ1v) is 19.6. The molecule has 1 atom stereocenters. The first-order valence-electron chi connectivity index (χ1n) is 19.6. The van der Waals surface area contributed by atoms with Crippen LogP contribution in [0.15, 0.2) is 163 Å². The van der Waals surface area contributed by atoms with Gasteiger partial charge in [0, 0.05) is 39.1 Å². The molecule has 0 saturated carbocycles. The van der Waals surface area contributed by atoms with E-state index in [0.717, 1.165) is 74.0 Å². The number of nitrogens with zero attached hydrogens (tertiary/aromatic N) is 5. The van der Waals surface area contributed by atoms with Crippen LogP contribution in [0.25, 0.3) is 85.6 Å². The zero-order valence-corrected chi connectivity index (χ0v) is 32.8. The van der Waals surface area contributed by atoms with Crippen LogP contribution in [0.1, 0.15) is 36.4 Å². The summed E-state index contributed by atoms with van der Waals surface area (Å²) in [5.41, 5.74) is 16.2. The first-order chi connectivity index (χ1) is 28.4. The maximum Gasteiger partial charge on any atom is 0.160 e. The van der Waals surface area contributed by atoms with Gasteiger partial charge in [0.1, 0.15) is 0 Å². The summed E-state index contributed by atoms with van der Waals surface area (Å²) in [6.45, 7) is 6.74. The lowest BCUT2D eigenvalue weighted by Gasteiger charge is -2.22. The van der Waals surface area contributed by atoms with Gasteiger partial charge in [0.15, 0.2) is 11.6 Å². The Kier molecular flexibility index (Phi) is 9.75. The summed E-state index contributed by atoms with van der Waals surface area (Å²) < 4.78 is 2.37. The molecule has 0 saturated heterocycles. The Bertz CT molecular complexity index is 2770. The molecule has 1 unspecified atom stereocenters. The first kappa shape index (κ1) is 36.2. The molecule has 3 aromatic heterocycles. The van der Waals surface area contributed by atoms with E-state index in [1.165, 1.54) is 22.4 Å². The van der Waals surface area contributed by atoms with Crippen molar-refractivity contribution < 1.29 is 0 Å². The Morgan fingerprint density at radius 2 is 1.07 bits per heavy atom. The predicted molar refractivity (Wildman–Crippen MR) is 239 cm³/mol. The van der Waals surface area contributed by atoms with Crippen LogP contribution in [0.3, 0.4) is 0 Å². The van der Waals surface area contributed by atoms with Gasteiger partial charge < -0.3 is 4.57 Å². The lowest BCUT2D eigenvalue weighted by molar-refractivity contribution is 0.668. The minimum Gasteiger partial charge on any atom is -0.309 e. The fourth-order valence-electron chi connectivity index (χ4n) is 7.82. The molecule has 0 amide bonds. The van der Waals surface area contributed by atoms with Crippen molar-refractivity contribution in [2.24, 2.45) is 5.92 Å². The molecule has 5 aromatic carbocycles. The van der Waals surface area contributed by atoms with Crippen molar-refractivity contribution in [1.29, 1.82) is 0 Å². The fourth-order valence-corrected chi connectivity index (χ4v) is 7.82. The number of fused-ring (bicyclic) bond motifs is 1. The number of hydrogen-bond donors (Lipinski definition) is 0. The second-order valence-electron chi connectivity index (χ2n) is 14.8. The maximum absolute atomic E-state index is 5.85. The lowest BCUT2D eigenvalue weighted by atomic mass is 9.87. The van der Waals surface area contributed by atoms with E-state index in [0.29, 0.717) is 17.6 Å². The Labute approximate surface area is 340 Å². The summed E-state index contributed by atoms with van der Waals surface area (Å²) in [6, 6.07) is 51.7. The summed E-state index contributed by atoms with van der Waals surface area (Å²) in [7, 11) is 0. The zero-order valence-electron chi connectivity index (χ0n) is 32.8. The van der Waals surface area contributed by atoms with Crippen molar-refractivity contribution in [3.8, 4) is 85.8 Å². The number of hydrogen-bond acceptors (Lipinski definition) is 4. The van der Waals surface area contributed by atoms with Gasteiger partial charge >= 0.3 is 0 Å². The van der Waals surface area contributed by atoms with Crippen molar-refractivity contribution >= 4 is 12.2 Å². The van der Waals surface area contributed by atoms with Crippen molar-refractivity contribution in [1.82, 2.24) is 24.5 Å². The Hall–Kier alpha value is -7.42. The van der Waals surface area contributed by atoms with Gasteiger partial charge in [-0.1, -0.05) is 146 Å².